The number of hydrogen-bond acceptors (Lipinski definition) is 6. The van der Waals surface area contributed by atoms with Crippen molar-refractivity contribution in [2.45, 2.75) is 68.0 Å². The predicted octanol–water partition coefficient (Wildman–Crippen LogP) is 4.92. The molecule has 3 rings (SSSR count). The monoisotopic (exact) mass is 551 g/mol. The number of nitrogens with one attached hydrogen (secondary N) is 2. The third-order valence-electron chi connectivity index (χ3n) is 5.68. The summed E-state index contributed by atoms with van der Waals surface area (Å²) in [5, 5.41) is 12.9. The Labute approximate surface area is 213 Å². The number of allylic oxidation sites excluding steroid dienone is 1. The van der Waals surface area contributed by atoms with E-state index in [0.29, 0.717) is 17.9 Å². The molecule has 194 valence electrons. The van der Waals surface area contributed by atoms with Crippen molar-refractivity contribution in [3.05, 3.63) is 28.3 Å². The molecule has 1 aromatic rings. The number of nitrogens with zero attached hydrogens (tertiary/aromatic N) is 1. The first-order valence-electron chi connectivity index (χ1n) is 11.0. The number of rotatable bonds is 4. The summed E-state index contributed by atoms with van der Waals surface area (Å²) in [4.78, 5) is 25.0. The number of phenolic OH excluding ortho intramolecular Hbond substituents is 1. The van der Waals surface area contributed by atoms with Gasteiger partial charge >= 0.3 is 12.1 Å². The van der Waals surface area contributed by atoms with Gasteiger partial charge in [-0.3, -0.25) is 0 Å². The van der Waals surface area contributed by atoms with E-state index in [1.54, 1.807) is 26.8 Å². The summed E-state index contributed by atoms with van der Waals surface area (Å²) in [6.07, 6.45) is 1.30. The molecule has 3 amide bonds. The molecule has 1 heterocycles. The average molecular weight is 552 g/mol. The molecule has 9 nitrogen and oxygen atoms in total. The Morgan fingerprint density at radius 2 is 1.86 bits per heavy atom. The van der Waals surface area contributed by atoms with Crippen LogP contribution in [0.1, 0.15) is 46.5 Å². The van der Waals surface area contributed by atoms with Crippen LogP contribution in [0.15, 0.2) is 28.1 Å². The topological polar surface area (TPSA) is 125 Å². The molecule has 2 aliphatic rings. The highest BCUT2D eigenvalue weighted by Crippen LogP contribution is 2.45. The highest BCUT2D eigenvalue weighted by molar-refractivity contribution is 7.92. The normalized spacial score (nSPS) is 20.2. The standard InChI is InChI=1S/C22H28Cl2FN3O6S/c1-21(2,3)34-20(31)28-11-9-22(25,10-12-28)35(32,33)18-14(24)7-8-16(17(18)29)27-19(30)26-15-6-4-5-13(15)23/h5,7-8,15,29H,4,6,9-12H2,1-3H3,(H2,26,27,30)/t15-/m1/s1. The molecule has 13 heteroatoms. The minimum atomic E-state index is -4.83. The second kappa shape index (κ2) is 10.0. The van der Waals surface area contributed by atoms with Crippen LogP contribution in [0.3, 0.4) is 0 Å². The van der Waals surface area contributed by atoms with Crippen molar-refractivity contribution in [1.82, 2.24) is 10.2 Å². The number of aromatic hydroxyl groups is 1. The molecule has 0 aromatic heterocycles. The summed E-state index contributed by atoms with van der Waals surface area (Å²) in [7, 11) is -4.83. The molecule has 1 saturated heterocycles. The van der Waals surface area contributed by atoms with Gasteiger partial charge in [-0.1, -0.05) is 29.3 Å². The van der Waals surface area contributed by atoms with Crippen LogP contribution in [0, 0.1) is 0 Å². The SMILES string of the molecule is CC(C)(C)OC(=O)N1CCC(F)(S(=O)(=O)c2c(Cl)ccc(NC(=O)N[C@@H]3CCC=C3Cl)c2O)CC1. The van der Waals surface area contributed by atoms with Gasteiger partial charge in [-0.2, -0.15) is 0 Å². The van der Waals surface area contributed by atoms with E-state index in [4.69, 9.17) is 27.9 Å². The molecule has 1 aliphatic heterocycles. The first kappa shape index (κ1) is 27.3. The summed E-state index contributed by atoms with van der Waals surface area (Å²) in [6.45, 7) is 4.63. The zero-order chi connectivity index (χ0) is 26.2. The number of sulfone groups is 1. The second-order valence-electron chi connectivity index (χ2n) is 9.44. The third-order valence-corrected chi connectivity index (χ3v) is 8.84. The van der Waals surface area contributed by atoms with E-state index in [1.807, 2.05) is 0 Å². The predicted molar refractivity (Wildman–Crippen MR) is 130 cm³/mol. The first-order chi connectivity index (χ1) is 16.1. The van der Waals surface area contributed by atoms with Gasteiger partial charge in [0.15, 0.2) is 5.75 Å². The van der Waals surface area contributed by atoms with Crippen LogP contribution >= 0.6 is 23.2 Å². The smallest absolute Gasteiger partial charge is 0.410 e. The van der Waals surface area contributed by atoms with Crippen molar-refractivity contribution in [2.24, 2.45) is 0 Å². The summed E-state index contributed by atoms with van der Waals surface area (Å²) >= 11 is 12.1. The van der Waals surface area contributed by atoms with E-state index in [2.05, 4.69) is 10.6 Å². The maximum absolute atomic E-state index is 15.8. The number of piperidine rings is 1. The number of ether oxygens (including phenoxy) is 1. The molecule has 1 aromatic carbocycles. The molecule has 0 radical (unpaired) electrons. The number of hydrogen-bond donors (Lipinski definition) is 3. The molecular weight excluding hydrogens is 524 g/mol. The lowest BCUT2D eigenvalue weighted by molar-refractivity contribution is 0.0137. The Morgan fingerprint density at radius 1 is 1.23 bits per heavy atom. The molecule has 1 fully saturated rings. The number of urea groups is 1. The molecule has 35 heavy (non-hydrogen) atoms. The molecular formula is C22H28Cl2FN3O6S. The van der Waals surface area contributed by atoms with E-state index in [9.17, 15) is 23.1 Å². The summed E-state index contributed by atoms with van der Waals surface area (Å²) < 4.78 is 47.7. The zero-order valence-corrected chi connectivity index (χ0v) is 21.9. The Hall–Kier alpha value is -2.24. The Kier molecular flexibility index (Phi) is 7.83. The number of carbonyl (C=O) groups is 2. The Bertz CT molecular complexity index is 1140. The molecule has 0 saturated carbocycles. The van der Waals surface area contributed by atoms with Crippen molar-refractivity contribution >= 4 is 50.9 Å². The lowest BCUT2D eigenvalue weighted by Crippen LogP contribution is -2.49. The van der Waals surface area contributed by atoms with E-state index in [1.165, 1.54) is 11.0 Å². The molecule has 1 aliphatic carbocycles. The van der Waals surface area contributed by atoms with Crippen LogP contribution in [0.5, 0.6) is 5.75 Å². The fourth-order valence-corrected chi connectivity index (χ4v) is 6.34. The second-order valence-corrected chi connectivity index (χ2v) is 12.4. The quantitative estimate of drug-likeness (QED) is 0.456. The number of anilines is 1. The molecule has 0 bridgehead atoms. The van der Waals surface area contributed by atoms with Crippen LogP contribution in [-0.2, 0) is 14.6 Å². The highest BCUT2D eigenvalue weighted by atomic mass is 35.5. The van der Waals surface area contributed by atoms with Crippen LogP contribution in [0.25, 0.3) is 0 Å². The highest BCUT2D eigenvalue weighted by Gasteiger charge is 2.50. The van der Waals surface area contributed by atoms with Crippen molar-refractivity contribution < 1.29 is 32.2 Å². The number of benzene rings is 1. The van der Waals surface area contributed by atoms with Gasteiger partial charge in [0.25, 0.3) is 0 Å². The third kappa shape index (κ3) is 5.95. The van der Waals surface area contributed by atoms with E-state index < -0.39 is 67.1 Å². The van der Waals surface area contributed by atoms with E-state index >= 15 is 4.39 Å². The lowest BCUT2D eigenvalue weighted by atomic mass is 10.1. The van der Waals surface area contributed by atoms with Gasteiger partial charge in [0.1, 0.15) is 10.5 Å². The minimum Gasteiger partial charge on any atom is -0.504 e. The summed E-state index contributed by atoms with van der Waals surface area (Å²) in [5.74, 6) is -0.882. The van der Waals surface area contributed by atoms with Gasteiger partial charge in [-0.25, -0.2) is 22.4 Å². The molecule has 3 N–H and O–H groups in total. The van der Waals surface area contributed by atoms with E-state index in [0.717, 1.165) is 6.07 Å². The van der Waals surface area contributed by atoms with Crippen LogP contribution in [0.2, 0.25) is 5.02 Å². The lowest BCUT2D eigenvalue weighted by Gasteiger charge is -2.36. The van der Waals surface area contributed by atoms with Crippen molar-refractivity contribution in [3.63, 3.8) is 0 Å². The van der Waals surface area contributed by atoms with Crippen molar-refractivity contribution in [2.75, 3.05) is 18.4 Å². The zero-order valence-electron chi connectivity index (χ0n) is 19.5. The van der Waals surface area contributed by atoms with Gasteiger partial charge in [0, 0.05) is 31.0 Å². The van der Waals surface area contributed by atoms with Gasteiger partial charge in [-0.15, -0.1) is 0 Å². The number of likely N-dealkylation sites (tertiary alicyclic amines) is 1. The Morgan fingerprint density at radius 3 is 2.40 bits per heavy atom. The minimum absolute atomic E-state index is 0.209. The van der Waals surface area contributed by atoms with Crippen LogP contribution < -0.4 is 10.6 Å². The number of alkyl halides is 1. The fourth-order valence-electron chi connectivity index (χ4n) is 3.83. The number of halogens is 3. The van der Waals surface area contributed by atoms with Crippen molar-refractivity contribution in [1.29, 1.82) is 0 Å². The largest absolute Gasteiger partial charge is 0.504 e. The van der Waals surface area contributed by atoms with Gasteiger partial charge in [-0.05, 0) is 45.7 Å². The Balaban J connectivity index is 1.79. The molecule has 0 unspecified atom stereocenters. The van der Waals surface area contributed by atoms with Crippen LogP contribution in [0.4, 0.5) is 19.7 Å². The maximum Gasteiger partial charge on any atom is 0.410 e. The van der Waals surface area contributed by atoms with Crippen LogP contribution in [-0.4, -0.2) is 60.3 Å². The maximum atomic E-state index is 15.8. The van der Waals surface area contributed by atoms with Gasteiger partial charge < -0.3 is 25.4 Å². The first-order valence-corrected chi connectivity index (χ1v) is 13.2. The fraction of sp³-hybridized carbons (Fsp3) is 0.545. The molecule has 0 spiro atoms. The van der Waals surface area contributed by atoms with Gasteiger partial charge in [0.2, 0.25) is 14.8 Å². The number of amides is 3. The summed E-state index contributed by atoms with van der Waals surface area (Å²) in [6, 6.07) is 1.22. The van der Waals surface area contributed by atoms with Crippen molar-refractivity contribution in [3.8, 4) is 5.75 Å². The average Bonchev–Trinajstić information content (AvgIpc) is 3.13. The van der Waals surface area contributed by atoms with Gasteiger partial charge in [0.05, 0.1) is 16.8 Å². The number of carbonyl (C=O) groups excluding carboxylic acids is 2. The summed E-state index contributed by atoms with van der Waals surface area (Å²) in [5.41, 5.74) is -1.02. The molecule has 1 atom stereocenters. The number of phenols is 1. The van der Waals surface area contributed by atoms with E-state index in [-0.39, 0.29) is 18.8 Å².